The molecular weight excluding hydrogens is 403 g/mol. The Morgan fingerprint density at radius 1 is 1.00 bits per heavy atom. The van der Waals surface area contributed by atoms with Crippen LogP contribution in [0.2, 0.25) is 5.02 Å². The minimum absolute atomic E-state index is 0.0409. The number of halogens is 2. The zero-order chi connectivity index (χ0) is 20.9. The van der Waals surface area contributed by atoms with E-state index < -0.39 is 0 Å². The van der Waals surface area contributed by atoms with E-state index in [4.69, 9.17) is 16.3 Å². The molecule has 0 bridgehead atoms. The van der Waals surface area contributed by atoms with Crippen molar-refractivity contribution in [2.75, 3.05) is 11.9 Å². The molecule has 3 aromatic carbocycles. The van der Waals surface area contributed by atoms with E-state index in [0.29, 0.717) is 23.1 Å². The third-order valence-electron chi connectivity index (χ3n) is 5.15. The Morgan fingerprint density at radius 2 is 1.63 bits per heavy atom. The van der Waals surface area contributed by atoms with Gasteiger partial charge in [0.15, 0.2) is 0 Å². The van der Waals surface area contributed by atoms with Crippen LogP contribution in [0.15, 0.2) is 72.8 Å². The zero-order valence-corrected chi connectivity index (χ0v) is 17.0. The van der Waals surface area contributed by atoms with Gasteiger partial charge < -0.3 is 15.4 Å². The lowest BCUT2D eigenvalue weighted by Crippen LogP contribution is -2.35. The van der Waals surface area contributed by atoms with Gasteiger partial charge in [0.05, 0.1) is 6.04 Å². The monoisotopic (exact) mass is 424 g/mol. The van der Waals surface area contributed by atoms with Gasteiger partial charge in [-0.3, -0.25) is 4.79 Å². The zero-order valence-electron chi connectivity index (χ0n) is 16.3. The van der Waals surface area contributed by atoms with Crippen LogP contribution in [-0.2, 0) is 11.2 Å². The highest BCUT2D eigenvalue weighted by atomic mass is 35.5. The fourth-order valence-electron chi connectivity index (χ4n) is 3.59. The second kappa shape index (κ2) is 9.28. The molecule has 3 aromatic rings. The highest BCUT2D eigenvalue weighted by Crippen LogP contribution is 2.24. The van der Waals surface area contributed by atoms with Crippen molar-refractivity contribution in [2.45, 2.75) is 18.9 Å². The Kier molecular flexibility index (Phi) is 6.31. The Bertz CT molecular complexity index is 991. The molecular formula is C24H22ClFN2O2. The van der Waals surface area contributed by atoms with Crippen LogP contribution in [0.1, 0.15) is 12.0 Å². The van der Waals surface area contributed by atoms with Crippen LogP contribution in [0.25, 0.3) is 0 Å². The molecule has 1 amide bonds. The van der Waals surface area contributed by atoms with Crippen molar-refractivity contribution in [2.24, 2.45) is 5.92 Å². The number of hydrogen-bond acceptors (Lipinski definition) is 3. The van der Waals surface area contributed by atoms with E-state index >= 15 is 0 Å². The molecule has 1 aliphatic rings. The summed E-state index contributed by atoms with van der Waals surface area (Å²) in [5.74, 6) is 1.22. The van der Waals surface area contributed by atoms with Gasteiger partial charge in [-0.2, -0.15) is 0 Å². The summed E-state index contributed by atoms with van der Waals surface area (Å²) in [5.41, 5.74) is 1.93. The van der Waals surface area contributed by atoms with Gasteiger partial charge in [0.2, 0.25) is 5.91 Å². The predicted molar refractivity (Wildman–Crippen MR) is 117 cm³/mol. The molecule has 2 N–H and O–H groups in total. The van der Waals surface area contributed by atoms with Gasteiger partial charge in [-0.1, -0.05) is 23.7 Å². The normalized spacial score (nSPS) is 18.2. The van der Waals surface area contributed by atoms with Crippen LogP contribution in [0.5, 0.6) is 11.5 Å². The Labute approximate surface area is 180 Å². The SMILES string of the molecule is O=C(Nc1ccc(Oc2ccc(F)cc2)cc1)[C@@H]1C[C@@H](Cc2ccc(Cl)cc2)CN1. The van der Waals surface area contributed by atoms with E-state index in [1.807, 2.05) is 24.3 Å². The summed E-state index contributed by atoms with van der Waals surface area (Å²) in [6.45, 7) is 0.811. The summed E-state index contributed by atoms with van der Waals surface area (Å²) < 4.78 is 18.6. The number of amides is 1. The first kappa shape index (κ1) is 20.4. The average Bonchev–Trinajstić information content (AvgIpc) is 3.22. The van der Waals surface area contributed by atoms with Crippen molar-refractivity contribution in [1.82, 2.24) is 5.32 Å². The molecule has 1 fully saturated rings. The van der Waals surface area contributed by atoms with E-state index in [2.05, 4.69) is 10.6 Å². The fourth-order valence-corrected chi connectivity index (χ4v) is 3.72. The fraction of sp³-hybridized carbons (Fsp3) is 0.208. The standard InChI is InChI=1S/C24H22ClFN2O2/c25-18-3-1-16(2-4-18)13-17-14-23(27-15-17)24(29)28-20-7-11-22(12-8-20)30-21-9-5-19(26)6-10-21/h1-12,17,23,27H,13-15H2,(H,28,29)/t17-,23+/m1/s1. The van der Waals surface area contributed by atoms with Gasteiger partial charge in [-0.05, 0) is 91.5 Å². The minimum atomic E-state index is -0.309. The molecule has 4 rings (SSSR count). The molecule has 0 spiro atoms. The molecule has 0 saturated carbocycles. The van der Waals surface area contributed by atoms with Crippen molar-refractivity contribution < 1.29 is 13.9 Å². The molecule has 1 saturated heterocycles. The number of carbonyl (C=O) groups is 1. The summed E-state index contributed by atoms with van der Waals surface area (Å²) in [7, 11) is 0. The lowest BCUT2D eigenvalue weighted by Gasteiger charge is -2.12. The molecule has 0 unspecified atom stereocenters. The van der Waals surface area contributed by atoms with Crippen molar-refractivity contribution in [3.05, 3.63) is 89.2 Å². The van der Waals surface area contributed by atoms with Gasteiger partial charge in [-0.25, -0.2) is 4.39 Å². The molecule has 0 radical (unpaired) electrons. The van der Waals surface area contributed by atoms with Gasteiger partial charge in [-0.15, -0.1) is 0 Å². The number of anilines is 1. The van der Waals surface area contributed by atoms with Crippen LogP contribution < -0.4 is 15.4 Å². The van der Waals surface area contributed by atoms with E-state index in [1.165, 1.54) is 17.7 Å². The Morgan fingerprint density at radius 3 is 2.30 bits per heavy atom. The van der Waals surface area contributed by atoms with Gasteiger partial charge >= 0.3 is 0 Å². The largest absolute Gasteiger partial charge is 0.457 e. The second-order valence-electron chi connectivity index (χ2n) is 7.46. The maximum atomic E-state index is 13.0. The van der Waals surface area contributed by atoms with E-state index in [1.54, 1.807) is 36.4 Å². The van der Waals surface area contributed by atoms with Crippen LogP contribution >= 0.6 is 11.6 Å². The van der Waals surface area contributed by atoms with Gasteiger partial charge in [0, 0.05) is 10.7 Å². The number of rotatable bonds is 6. The number of hydrogen-bond donors (Lipinski definition) is 2. The first-order valence-corrected chi connectivity index (χ1v) is 10.2. The number of ether oxygens (including phenoxy) is 1. The van der Waals surface area contributed by atoms with Crippen LogP contribution in [0.4, 0.5) is 10.1 Å². The first-order chi connectivity index (χ1) is 14.5. The minimum Gasteiger partial charge on any atom is -0.457 e. The van der Waals surface area contributed by atoms with Crippen molar-refractivity contribution in [1.29, 1.82) is 0 Å². The maximum absolute atomic E-state index is 13.0. The Balaban J connectivity index is 1.28. The summed E-state index contributed by atoms with van der Waals surface area (Å²) in [4.78, 5) is 12.6. The third kappa shape index (κ3) is 5.38. The van der Waals surface area contributed by atoms with E-state index in [-0.39, 0.29) is 17.8 Å². The topological polar surface area (TPSA) is 50.4 Å². The number of carbonyl (C=O) groups excluding carboxylic acids is 1. The second-order valence-corrected chi connectivity index (χ2v) is 7.90. The van der Waals surface area contributed by atoms with Crippen molar-refractivity contribution in [3.8, 4) is 11.5 Å². The smallest absolute Gasteiger partial charge is 0.241 e. The molecule has 30 heavy (non-hydrogen) atoms. The lowest BCUT2D eigenvalue weighted by molar-refractivity contribution is -0.117. The highest BCUT2D eigenvalue weighted by Gasteiger charge is 2.29. The first-order valence-electron chi connectivity index (χ1n) is 9.87. The number of nitrogens with one attached hydrogen (secondary N) is 2. The molecule has 154 valence electrons. The summed E-state index contributed by atoms with van der Waals surface area (Å²) in [6, 6.07) is 20.6. The maximum Gasteiger partial charge on any atom is 0.241 e. The molecule has 1 aliphatic heterocycles. The van der Waals surface area contributed by atoms with Crippen molar-refractivity contribution in [3.63, 3.8) is 0 Å². The molecule has 0 aliphatic carbocycles. The van der Waals surface area contributed by atoms with E-state index in [0.717, 1.165) is 24.4 Å². The average molecular weight is 425 g/mol. The third-order valence-corrected chi connectivity index (χ3v) is 5.40. The van der Waals surface area contributed by atoms with Crippen LogP contribution in [0, 0.1) is 11.7 Å². The number of benzene rings is 3. The molecule has 6 heteroatoms. The molecule has 2 atom stereocenters. The predicted octanol–water partition coefficient (Wildman–Crippen LogP) is 5.43. The quantitative estimate of drug-likeness (QED) is 0.554. The van der Waals surface area contributed by atoms with Crippen LogP contribution in [0.3, 0.4) is 0 Å². The summed E-state index contributed by atoms with van der Waals surface area (Å²) in [5, 5.41) is 6.99. The lowest BCUT2D eigenvalue weighted by atomic mass is 9.96. The molecule has 0 aromatic heterocycles. The summed E-state index contributed by atoms with van der Waals surface area (Å²) in [6.07, 6.45) is 1.71. The summed E-state index contributed by atoms with van der Waals surface area (Å²) >= 11 is 5.94. The Hall–Kier alpha value is -2.89. The van der Waals surface area contributed by atoms with Crippen molar-refractivity contribution >= 4 is 23.2 Å². The molecule has 4 nitrogen and oxygen atoms in total. The molecule has 1 heterocycles. The van der Waals surface area contributed by atoms with Gasteiger partial charge in [0.25, 0.3) is 0 Å². The highest BCUT2D eigenvalue weighted by molar-refractivity contribution is 6.30. The van der Waals surface area contributed by atoms with E-state index in [9.17, 15) is 9.18 Å². The van der Waals surface area contributed by atoms with Crippen LogP contribution in [-0.4, -0.2) is 18.5 Å². The van der Waals surface area contributed by atoms with Gasteiger partial charge in [0.1, 0.15) is 17.3 Å².